The molecule has 2 amide bonds. The summed E-state index contributed by atoms with van der Waals surface area (Å²) < 4.78 is 13.4. The number of nitrogens with one attached hydrogen (secondary N) is 3. The van der Waals surface area contributed by atoms with Gasteiger partial charge in [0.2, 0.25) is 11.8 Å². The Kier molecular flexibility index (Phi) is 4.56. The zero-order chi connectivity index (χ0) is 16.2. The first-order valence-electron chi connectivity index (χ1n) is 6.99. The molecule has 3 N–H and O–H groups in total. The van der Waals surface area contributed by atoms with Gasteiger partial charge in [-0.2, -0.15) is 10.3 Å². The first kappa shape index (κ1) is 15.5. The van der Waals surface area contributed by atoms with E-state index in [1.807, 2.05) is 0 Å². The minimum absolute atomic E-state index is 0.0126. The molecule has 1 aliphatic rings. The summed E-state index contributed by atoms with van der Waals surface area (Å²) in [5, 5.41) is 16.2. The average molecular weight is 335 g/mol. The SMILES string of the molecule is O=C1CC(C(=O)NCCSc2cn[nH]n2)c2cc(F)ccc2N1. The third-order valence-electron chi connectivity index (χ3n) is 3.41. The van der Waals surface area contributed by atoms with Crippen molar-refractivity contribution in [1.29, 1.82) is 0 Å². The molecule has 0 radical (unpaired) electrons. The van der Waals surface area contributed by atoms with Crippen molar-refractivity contribution in [1.82, 2.24) is 20.7 Å². The highest BCUT2D eigenvalue weighted by Gasteiger charge is 2.30. The highest BCUT2D eigenvalue weighted by Crippen LogP contribution is 2.32. The summed E-state index contributed by atoms with van der Waals surface area (Å²) in [6.07, 6.45) is 1.61. The molecule has 1 atom stereocenters. The summed E-state index contributed by atoms with van der Waals surface area (Å²) in [5.41, 5.74) is 0.992. The Labute approximate surface area is 135 Å². The van der Waals surface area contributed by atoms with Gasteiger partial charge in [0, 0.05) is 24.4 Å². The molecule has 0 aliphatic carbocycles. The molecule has 1 unspecified atom stereocenters. The van der Waals surface area contributed by atoms with Crippen molar-refractivity contribution in [2.75, 3.05) is 17.6 Å². The van der Waals surface area contributed by atoms with Crippen molar-refractivity contribution >= 4 is 29.3 Å². The fourth-order valence-corrected chi connectivity index (χ4v) is 3.03. The number of amides is 2. The van der Waals surface area contributed by atoms with Gasteiger partial charge in [0.1, 0.15) is 10.8 Å². The lowest BCUT2D eigenvalue weighted by Gasteiger charge is -2.24. The van der Waals surface area contributed by atoms with E-state index in [-0.39, 0.29) is 18.2 Å². The van der Waals surface area contributed by atoms with Gasteiger partial charge in [-0.3, -0.25) is 9.59 Å². The van der Waals surface area contributed by atoms with E-state index in [9.17, 15) is 14.0 Å². The molecule has 23 heavy (non-hydrogen) atoms. The Morgan fingerprint density at radius 2 is 2.35 bits per heavy atom. The summed E-state index contributed by atoms with van der Waals surface area (Å²) in [4.78, 5) is 24.0. The number of thioether (sulfide) groups is 1. The van der Waals surface area contributed by atoms with Crippen LogP contribution in [0.2, 0.25) is 0 Å². The van der Waals surface area contributed by atoms with Gasteiger partial charge in [0.15, 0.2) is 0 Å². The molecular weight excluding hydrogens is 321 g/mol. The summed E-state index contributed by atoms with van der Waals surface area (Å²) in [6, 6.07) is 4.03. The van der Waals surface area contributed by atoms with Gasteiger partial charge in [-0.25, -0.2) is 4.39 Å². The normalized spacial score (nSPS) is 16.6. The van der Waals surface area contributed by atoms with Gasteiger partial charge in [-0.1, -0.05) is 0 Å². The molecule has 1 aliphatic heterocycles. The van der Waals surface area contributed by atoms with Crippen molar-refractivity contribution in [3.05, 3.63) is 35.8 Å². The van der Waals surface area contributed by atoms with E-state index in [4.69, 9.17) is 0 Å². The maximum Gasteiger partial charge on any atom is 0.228 e. The van der Waals surface area contributed by atoms with Crippen LogP contribution in [0.5, 0.6) is 0 Å². The first-order chi connectivity index (χ1) is 11.1. The van der Waals surface area contributed by atoms with Crippen LogP contribution in [0.15, 0.2) is 29.4 Å². The molecule has 0 spiro atoms. The Hall–Kier alpha value is -2.42. The monoisotopic (exact) mass is 335 g/mol. The number of anilines is 1. The van der Waals surface area contributed by atoms with E-state index < -0.39 is 11.7 Å². The lowest BCUT2D eigenvalue weighted by atomic mass is 9.89. The van der Waals surface area contributed by atoms with Crippen molar-refractivity contribution in [3.63, 3.8) is 0 Å². The summed E-state index contributed by atoms with van der Waals surface area (Å²) in [6.45, 7) is 0.416. The van der Waals surface area contributed by atoms with Crippen LogP contribution < -0.4 is 10.6 Å². The second kappa shape index (κ2) is 6.78. The van der Waals surface area contributed by atoms with Crippen LogP contribution in [0.4, 0.5) is 10.1 Å². The molecule has 7 nitrogen and oxygen atoms in total. The fourth-order valence-electron chi connectivity index (χ4n) is 2.38. The second-order valence-electron chi connectivity index (χ2n) is 4.98. The predicted octanol–water partition coefficient (Wildman–Crippen LogP) is 1.28. The molecule has 120 valence electrons. The number of fused-ring (bicyclic) bond motifs is 1. The van der Waals surface area contributed by atoms with Gasteiger partial charge in [-0.05, 0) is 23.8 Å². The number of carbonyl (C=O) groups is 2. The fraction of sp³-hybridized carbons (Fsp3) is 0.286. The number of carbonyl (C=O) groups excluding carboxylic acids is 2. The number of H-pyrrole nitrogens is 1. The van der Waals surface area contributed by atoms with E-state index in [0.29, 0.717) is 23.5 Å². The number of halogens is 1. The van der Waals surface area contributed by atoms with Crippen LogP contribution in [0.3, 0.4) is 0 Å². The molecule has 0 bridgehead atoms. The van der Waals surface area contributed by atoms with Crippen molar-refractivity contribution in [2.45, 2.75) is 17.4 Å². The lowest BCUT2D eigenvalue weighted by molar-refractivity contribution is -0.126. The topological polar surface area (TPSA) is 99.8 Å². The number of aromatic nitrogens is 3. The van der Waals surface area contributed by atoms with Gasteiger partial charge in [0.25, 0.3) is 0 Å². The summed E-state index contributed by atoms with van der Waals surface area (Å²) >= 11 is 1.45. The number of benzene rings is 1. The van der Waals surface area contributed by atoms with Gasteiger partial charge >= 0.3 is 0 Å². The molecule has 1 aromatic carbocycles. The Bertz CT molecular complexity index is 722. The summed E-state index contributed by atoms with van der Waals surface area (Å²) in [7, 11) is 0. The number of aromatic amines is 1. The summed E-state index contributed by atoms with van der Waals surface area (Å²) in [5.74, 6) is -1.02. The van der Waals surface area contributed by atoms with Crippen LogP contribution >= 0.6 is 11.8 Å². The minimum Gasteiger partial charge on any atom is -0.355 e. The molecule has 1 aromatic heterocycles. The lowest BCUT2D eigenvalue weighted by Crippen LogP contribution is -2.36. The molecular formula is C14H14FN5O2S. The highest BCUT2D eigenvalue weighted by molar-refractivity contribution is 7.99. The van der Waals surface area contributed by atoms with Crippen molar-refractivity contribution < 1.29 is 14.0 Å². The minimum atomic E-state index is -0.675. The van der Waals surface area contributed by atoms with E-state index in [1.54, 1.807) is 6.20 Å². The number of rotatable bonds is 5. The zero-order valence-electron chi connectivity index (χ0n) is 12.0. The molecule has 2 aromatic rings. The average Bonchev–Trinajstić information content (AvgIpc) is 3.04. The van der Waals surface area contributed by atoms with Crippen LogP contribution in [-0.4, -0.2) is 39.5 Å². The number of hydrogen-bond donors (Lipinski definition) is 3. The quantitative estimate of drug-likeness (QED) is 0.564. The molecule has 0 saturated carbocycles. The molecule has 0 fully saturated rings. The van der Waals surface area contributed by atoms with Gasteiger partial charge < -0.3 is 10.6 Å². The molecule has 0 saturated heterocycles. The Morgan fingerprint density at radius 3 is 3.13 bits per heavy atom. The van der Waals surface area contributed by atoms with E-state index in [0.717, 1.165) is 5.03 Å². The van der Waals surface area contributed by atoms with Crippen LogP contribution in [0, 0.1) is 5.82 Å². The maximum atomic E-state index is 13.4. The third-order valence-corrected chi connectivity index (χ3v) is 4.31. The highest BCUT2D eigenvalue weighted by atomic mass is 32.2. The van der Waals surface area contributed by atoms with E-state index >= 15 is 0 Å². The van der Waals surface area contributed by atoms with Gasteiger partial charge in [0.05, 0.1) is 12.1 Å². The van der Waals surface area contributed by atoms with Crippen molar-refractivity contribution in [3.8, 4) is 0 Å². The standard InChI is InChI=1S/C14H14FN5O2S/c15-8-1-2-11-9(5-8)10(6-12(21)18-11)14(22)16-3-4-23-13-7-17-20-19-13/h1-2,5,7,10H,3-4,6H2,(H,16,22)(H,18,21)(H,17,19,20). The zero-order valence-corrected chi connectivity index (χ0v) is 12.8. The second-order valence-corrected chi connectivity index (χ2v) is 6.10. The first-order valence-corrected chi connectivity index (χ1v) is 7.97. The smallest absolute Gasteiger partial charge is 0.228 e. The van der Waals surface area contributed by atoms with Crippen LogP contribution in [0.25, 0.3) is 0 Å². The maximum absolute atomic E-state index is 13.4. The largest absolute Gasteiger partial charge is 0.355 e. The molecule has 9 heteroatoms. The van der Waals surface area contributed by atoms with Crippen LogP contribution in [0.1, 0.15) is 17.9 Å². The van der Waals surface area contributed by atoms with Gasteiger partial charge in [-0.15, -0.1) is 16.9 Å². The van der Waals surface area contributed by atoms with Crippen LogP contribution in [-0.2, 0) is 9.59 Å². The third kappa shape index (κ3) is 3.67. The Balaban J connectivity index is 1.61. The van der Waals surface area contributed by atoms with E-state index in [1.165, 1.54) is 30.0 Å². The molecule has 2 heterocycles. The Morgan fingerprint density at radius 1 is 1.48 bits per heavy atom. The molecule has 3 rings (SSSR count). The predicted molar refractivity (Wildman–Crippen MR) is 82.5 cm³/mol. The van der Waals surface area contributed by atoms with Crippen molar-refractivity contribution in [2.24, 2.45) is 0 Å². The number of hydrogen-bond acceptors (Lipinski definition) is 5. The number of nitrogens with zero attached hydrogens (tertiary/aromatic N) is 2. The van der Waals surface area contributed by atoms with E-state index in [2.05, 4.69) is 26.0 Å².